The van der Waals surface area contributed by atoms with Gasteiger partial charge in [-0.2, -0.15) is 0 Å². The molecular formula is C3H7BBrNO. The average Bonchev–Trinajstić information content (AvgIpc) is 1.68. The topological polar surface area (TPSA) is 32.3 Å². The van der Waals surface area contributed by atoms with Crippen LogP contribution in [0, 0.1) is 0 Å². The lowest BCUT2D eigenvalue weighted by atomic mass is 10.00. The molecule has 0 bridgehead atoms. The van der Waals surface area contributed by atoms with Crippen LogP contribution in [0.1, 0.15) is 0 Å². The Morgan fingerprint density at radius 3 is 2.57 bits per heavy atom. The molecule has 0 aromatic heterocycles. The maximum atomic E-state index is 8.64. The maximum absolute atomic E-state index is 8.64. The van der Waals surface area contributed by atoms with Gasteiger partial charge in [0, 0.05) is 22.7 Å². The molecule has 4 heteroatoms. The van der Waals surface area contributed by atoms with Crippen LogP contribution in [0.3, 0.4) is 0 Å². The van der Waals surface area contributed by atoms with E-state index in [2.05, 4.69) is 20.5 Å². The van der Waals surface area contributed by atoms with Gasteiger partial charge in [0.05, 0.1) is 14.0 Å². The molecule has 0 saturated carbocycles. The van der Waals surface area contributed by atoms with Crippen molar-refractivity contribution in [1.29, 1.82) is 0 Å². The second-order valence-electron chi connectivity index (χ2n) is 1.23. The Labute approximate surface area is 53.0 Å². The number of nitrogens with one attached hydrogen (secondary N) is 1. The summed E-state index contributed by atoms with van der Waals surface area (Å²) in [6, 6.07) is 0. The quantitative estimate of drug-likeness (QED) is 0.448. The second kappa shape index (κ2) is 4.62. The van der Waals surface area contributed by atoms with E-state index >= 15 is 0 Å². The van der Waals surface area contributed by atoms with Crippen LogP contribution in [0.2, 0.25) is 6.32 Å². The fraction of sp³-hybridized carbons (Fsp3) is 1.00. The highest BCUT2D eigenvalue weighted by Crippen LogP contribution is 1.84. The van der Waals surface area contributed by atoms with Gasteiger partial charge in [-0.05, 0) is 0 Å². The molecule has 0 spiro atoms. The van der Waals surface area contributed by atoms with E-state index in [9.17, 15) is 0 Å². The number of rotatable bonds is 3. The van der Waals surface area contributed by atoms with E-state index in [4.69, 9.17) is 13.0 Å². The number of aliphatic hydroxyl groups excluding tert-OH is 1. The van der Waals surface area contributed by atoms with E-state index in [0.717, 1.165) is 0 Å². The first-order valence-electron chi connectivity index (χ1n) is 2.03. The minimum absolute atomic E-state index is 0.304. The van der Waals surface area contributed by atoms with Gasteiger partial charge in [-0.3, -0.25) is 4.34 Å². The molecule has 0 unspecified atom stereocenters. The van der Waals surface area contributed by atoms with Gasteiger partial charge in [0.15, 0.2) is 0 Å². The summed E-state index contributed by atoms with van der Waals surface area (Å²) >= 11 is 2.93. The van der Waals surface area contributed by atoms with Gasteiger partial charge >= 0.3 is 0 Å². The first-order chi connectivity index (χ1) is 3.31. The Morgan fingerprint density at radius 2 is 2.43 bits per heavy atom. The number of aliphatic hydroxyl groups is 1. The summed E-state index contributed by atoms with van der Waals surface area (Å²) in [4.78, 5) is 0. The van der Waals surface area contributed by atoms with Gasteiger partial charge in [0.25, 0.3) is 0 Å². The normalized spacial score (nSPS) is 14.0. The summed E-state index contributed by atoms with van der Waals surface area (Å²) < 4.78 is 2.60. The van der Waals surface area contributed by atoms with E-state index in [1.165, 1.54) is 0 Å². The molecule has 0 aromatic carbocycles. The van der Waals surface area contributed by atoms with Crippen molar-refractivity contribution in [2.45, 2.75) is 12.4 Å². The number of hydrogen-bond acceptors (Lipinski definition) is 2. The smallest absolute Gasteiger partial charge is 0.0688 e. The number of hydrogen-bond donors (Lipinski definition) is 2. The van der Waals surface area contributed by atoms with Gasteiger partial charge in [0.1, 0.15) is 0 Å². The average molecular weight is 164 g/mol. The molecule has 0 aromatic rings. The summed E-state index contributed by atoms with van der Waals surface area (Å²) in [5.74, 6) is 0. The van der Waals surface area contributed by atoms with Crippen molar-refractivity contribution in [3.8, 4) is 0 Å². The minimum Gasteiger partial charge on any atom is -0.393 e. The van der Waals surface area contributed by atoms with Crippen LogP contribution in [-0.4, -0.2) is 25.6 Å². The predicted octanol–water partition coefficient (Wildman–Crippen LogP) is -0.166. The first kappa shape index (κ1) is 7.46. The lowest BCUT2D eigenvalue weighted by molar-refractivity contribution is 0.201. The van der Waals surface area contributed by atoms with Crippen molar-refractivity contribution in [2.75, 3.05) is 6.54 Å². The molecule has 7 heavy (non-hydrogen) atoms. The van der Waals surface area contributed by atoms with Crippen LogP contribution in [0.25, 0.3) is 0 Å². The summed E-state index contributed by atoms with van der Waals surface area (Å²) in [6.45, 7) is 0.497. The summed E-state index contributed by atoms with van der Waals surface area (Å²) in [6.07, 6.45) is -0.127. The van der Waals surface area contributed by atoms with Crippen molar-refractivity contribution >= 4 is 24.0 Å². The van der Waals surface area contributed by atoms with E-state index in [0.29, 0.717) is 12.9 Å². The highest BCUT2D eigenvalue weighted by Gasteiger charge is 1.94. The molecule has 0 aliphatic carbocycles. The first-order valence-corrected chi connectivity index (χ1v) is 2.82. The zero-order valence-electron chi connectivity index (χ0n) is 3.89. The fourth-order valence-electron chi connectivity index (χ4n) is 0.172. The Balaban J connectivity index is 2.83. The van der Waals surface area contributed by atoms with Crippen molar-refractivity contribution in [2.24, 2.45) is 0 Å². The lowest BCUT2D eigenvalue weighted by Crippen LogP contribution is -2.18. The third kappa shape index (κ3) is 4.32. The van der Waals surface area contributed by atoms with E-state index in [1.807, 2.05) is 0 Å². The highest BCUT2D eigenvalue weighted by molar-refractivity contribution is 9.08. The zero-order chi connectivity index (χ0) is 5.70. The highest BCUT2D eigenvalue weighted by atomic mass is 79.9. The zero-order valence-corrected chi connectivity index (χ0v) is 5.48. The Kier molecular flexibility index (Phi) is 4.93. The van der Waals surface area contributed by atoms with Crippen LogP contribution in [-0.2, 0) is 0 Å². The van der Waals surface area contributed by atoms with Gasteiger partial charge < -0.3 is 5.11 Å². The van der Waals surface area contributed by atoms with Gasteiger partial charge in [-0.25, -0.2) is 0 Å². The summed E-state index contributed by atoms with van der Waals surface area (Å²) in [5.41, 5.74) is 0. The molecule has 0 rings (SSSR count). The molecule has 2 N–H and O–H groups in total. The number of halogens is 1. The molecule has 1 atom stereocenters. The van der Waals surface area contributed by atoms with E-state index < -0.39 is 6.10 Å². The van der Waals surface area contributed by atoms with Crippen LogP contribution in [0.15, 0.2) is 0 Å². The third-order valence-electron chi connectivity index (χ3n) is 0.585. The molecular weight excluding hydrogens is 157 g/mol. The van der Waals surface area contributed by atoms with Gasteiger partial charge in [-0.15, -0.1) is 0 Å². The lowest BCUT2D eigenvalue weighted by Gasteiger charge is -2.02. The largest absolute Gasteiger partial charge is 0.393 e. The Hall–Kier alpha value is 0.465. The molecule has 0 amide bonds. The molecule has 0 aliphatic heterocycles. The van der Waals surface area contributed by atoms with Crippen LogP contribution < -0.4 is 4.34 Å². The van der Waals surface area contributed by atoms with Crippen molar-refractivity contribution in [1.82, 2.24) is 4.34 Å². The molecule has 2 nitrogen and oxygen atoms in total. The summed E-state index contributed by atoms with van der Waals surface area (Å²) in [5, 5.41) is 8.64. The fourth-order valence-corrected chi connectivity index (χ4v) is 0.546. The van der Waals surface area contributed by atoms with Gasteiger partial charge in [-0.1, -0.05) is 6.32 Å². The van der Waals surface area contributed by atoms with Crippen LogP contribution in [0.4, 0.5) is 0 Å². The van der Waals surface area contributed by atoms with Crippen LogP contribution in [0.5, 0.6) is 0 Å². The van der Waals surface area contributed by atoms with Crippen molar-refractivity contribution in [3.05, 3.63) is 0 Å². The predicted molar refractivity (Wildman–Crippen MR) is 33.5 cm³/mol. The monoisotopic (exact) mass is 163 g/mol. The Morgan fingerprint density at radius 1 is 1.86 bits per heavy atom. The van der Waals surface area contributed by atoms with E-state index in [1.54, 1.807) is 0 Å². The molecule has 0 saturated heterocycles. The SMILES string of the molecule is [B]C[C@H](O)CNBr. The van der Waals surface area contributed by atoms with Crippen LogP contribution >= 0.6 is 16.1 Å². The minimum atomic E-state index is -0.431. The molecule has 2 radical (unpaired) electrons. The van der Waals surface area contributed by atoms with E-state index in [-0.39, 0.29) is 0 Å². The second-order valence-corrected chi connectivity index (χ2v) is 1.79. The maximum Gasteiger partial charge on any atom is 0.0688 e. The standard InChI is InChI=1S/C3H7BBrNO/c4-1-3(7)2-6-5/h3,6-7H,1-2H2/t3-/m0/s1. The molecule has 0 heterocycles. The molecule has 0 aliphatic rings. The van der Waals surface area contributed by atoms with Crippen molar-refractivity contribution < 1.29 is 5.11 Å². The molecule has 0 fully saturated rings. The van der Waals surface area contributed by atoms with Crippen molar-refractivity contribution in [3.63, 3.8) is 0 Å². The summed E-state index contributed by atoms with van der Waals surface area (Å²) in [7, 11) is 5.05. The molecule has 40 valence electrons. The Bertz CT molecular complexity index is 45.9. The third-order valence-corrected chi connectivity index (χ3v) is 0.909. The van der Waals surface area contributed by atoms with Gasteiger partial charge in [0.2, 0.25) is 0 Å².